The Balaban J connectivity index is 2.27. The summed E-state index contributed by atoms with van der Waals surface area (Å²) in [6.07, 6.45) is 0.315. The van der Waals surface area contributed by atoms with Crippen molar-refractivity contribution in [3.05, 3.63) is 48.3 Å². The van der Waals surface area contributed by atoms with Gasteiger partial charge in [-0.05, 0) is 47.9 Å². The summed E-state index contributed by atoms with van der Waals surface area (Å²) in [4.78, 5) is 12.0. The zero-order chi connectivity index (χ0) is 20.2. The van der Waals surface area contributed by atoms with E-state index >= 15 is 0 Å². The summed E-state index contributed by atoms with van der Waals surface area (Å²) in [5.74, 6) is -0.426. The molecule has 146 valence electrons. The number of hydrogen-bond acceptors (Lipinski definition) is 4. The average Bonchev–Trinajstić information content (AvgIpc) is 2.53. The number of carbonyl (C=O) groups excluding carboxylic acids is 1. The summed E-state index contributed by atoms with van der Waals surface area (Å²) in [5.41, 5.74) is 0.418. The number of sulfonamides is 1. The third-order valence-electron chi connectivity index (χ3n) is 3.54. The molecule has 27 heavy (non-hydrogen) atoms. The van der Waals surface area contributed by atoms with Crippen LogP contribution >= 0.6 is 0 Å². The second-order valence-corrected chi connectivity index (χ2v) is 8.94. The lowest BCUT2D eigenvalue weighted by Gasteiger charge is -2.18. The highest BCUT2D eigenvalue weighted by Gasteiger charge is 2.19. The van der Waals surface area contributed by atoms with E-state index in [2.05, 4.69) is 10.0 Å². The Morgan fingerprint density at radius 3 is 2.30 bits per heavy atom. The second-order valence-electron chi connectivity index (χ2n) is 7.26. The summed E-state index contributed by atoms with van der Waals surface area (Å²) in [7, 11) is -2.54. The number of ether oxygens (including phenoxy) is 1. The van der Waals surface area contributed by atoms with Crippen LogP contribution in [-0.2, 0) is 14.8 Å². The van der Waals surface area contributed by atoms with Crippen molar-refractivity contribution in [2.75, 3.05) is 17.1 Å². The average molecular weight is 394 g/mol. The Labute approximate surface area is 158 Å². The van der Waals surface area contributed by atoms with Gasteiger partial charge in [-0.25, -0.2) is 12.8 Å². The second kappa shape index (κ2) is 7.96. The molecule has 0 atom stereocenters. The third kappa shape index (κ3) is 5.96. The summed E-state index contributed by atoms with van der Waals surface area (Å²) < 4.78 is 45.7. The molecule has 0 saturated heterocycles. The standard InChI is InChI=1S/C19H23FN2O4S/c1-19(2,3)12-18(23)21-14-7-10-17(26-4)16(11-14)22-27(24,25)15-8-5-13(20)6-9-15/h5-11,22H,12H2,1-4H3,(H,21,23). The number of halogens is 1. The van der Waals surface area contributed by atoms with Crippen LogP contribution in [0.3, 0.4) is 0 Å². The minimum absolute atomic E-state index is 0.0897. The molecular formula is C19H23FN2O4S. The maximum Gasteiger partial charge on any atom is 0.262 e. The topological polar surface area (TPSA) is 84.5 Å². The van der Waals surface area contributed by atoms with Crippen molar-refractivity contribution >= 4 is 27.3 Å². The minimum atomic E-state index is -3.95. The first-order chi connectivity index (χ1) is 12.5. The van der Waals surface area contributed by atoms with Gasteiger partial charge in [-0.3, -0.25) is 9.52 Å². The van der Waals surface area contributed by atoms with E-state index in [9.17, 15) is 17.6 Å². The van der Waals surface area contributed by atoms with Gasteiger partial charge in [0.1, 0.15) is 11.6 Å². The number of amides is 1. The first-order valence-electron chi connectivity index (χ1n) is 8.26. The van der Waals surface area contributed by atoms with E-state index in [1.54, 1.807) is 12.1 Å². The van der Waals surface area contributed by atoms with Crippen LogP contribution in [0.5, 0.6) is 5.75 Å². The first kappa shape index (κ1) is 20.7. The zero-order valence-electron chi connectivity index (χ0n) is 15.7. The van der Waals surface area contributed by atoms with E-state index in [1.807, 2.05) is 20.8 Å². The Morgan fingerprint density at radius 1 is 1.11 bits per heavy atom. The molecule has 0 spiro atoms. The molecule has 1 amide bonds. The van der Waals surface area contributed by atoms with Crippen LogP contribution < -0.4 is 14.8 Å². The smallest absolute Gasteiger partial charge is 0.262 e. The molecule has 0 unspecified atom stereocenters. The molecule has 2 N–H and O–H groups in total. The predicted octanol–water partition coefficient (Wildman–Crippen LogP) is 4.01. The van der Waals surface area contributed by atoms with Gasteiger partial charge in [0.15, 0.2) is 0 Å². The van der Waals surface area contributed by atoms with Crippen molar-refractivity contribution in [3.8, 4) is 5.75 Å². The number of benzene rings is 2. The highest BCUT2D eigenvalue weighted by Crippen LogP contribution is 2.30. The van der Waals surface area contributed by atoms with Gasteiger partial charge in [0.05, 0.1) is 17.7 Å². The van der Waals surface area contributed by atoms with E-state index in [4.69, 9.17) is 4.74 Å². The van der Waals surface area contributed by atoms with Gasteiger partial charge in [0, 0.05) is 12.1 Å². The van der Waals surface area contributed by atoms with E-state index in [1.165, 1.54) is 25.3 Å². The SMILES string of the molecule is COc1ccc(NC(=O)CC(C)(C)C)cc1NS(=O)(=O)c1ccc(F)cc1. The molecule has 0 aliphatic rings. The van der Waals surface area contributed by atoms with Gasteiger partial charge < -0.3 is 10.1 Å². The van der Waals surface area contributed by atoms with Crippen molar-refractivity contribution in [3.63, 3.8) is 0 Å². The largest absolute Gasteiger partial charge is 0.495 e. The molecule has 2 aromatic rings. The summed E-state index contributed by atoms with van der Waals surface area (Å²) >= 11 is 0. The maximum atomic E-state index is 13.0. The van der Waals surface area contributed by atoms with Crippen LogP contribution in [0.1, 0.15) is 27.2 Å². The molecule has 0 fully saturated rings. The molecule has 0 heterocycles. The number of carbonyl (C=O) groups is 1. The highest BCUT2D eigenvalue weighted by molar-refractivity contribution is 7.92. The molecule has 0 aromatic heterocycles. The summed E-state index contributed by atoms with van der Waals surface area (Å²) in [6, 6.07) is 9.10. The lowest BCUT2D eigenvalue weighted by molar-refractivity contribution is -0.117. The quantitative estimate of drug-likeness (QED) is 0.775. The Kier molecular flexibility index (Phi) is 6.10. The van der Waals surface area contributed by atoms with Crippen LogP contribution in [0.15, 0.2) is 47.4 Å². The Morgan fingerprint density at radius 2 is 1.74 bits per heavy atom. The first-order valence-corrected chi connectivity index (χ1v) is 9.75. The third-order valence-corrected chi connectivity index (χ3v) is 4.92. The molecule has 0 bridgehead atoms. The van der Waals surface area contributed by atoms with Gasteiger partial charge in [0.25, 0.3) is 10.0 Å². The van der Waals surface area contributed by atoms with E-state index in [0.29, 0.717) is 12.1 Å². The maximum absolute atomic E-state index is 13.0. The Bertz CT molecular complexity index is 920. The zero-order valence-corrected chi connectivity index (χ0v) is 16.5. The number of methoxy groups -OCH3 is 1. The molecule has 6 nitrogen and oxygen atoms in total. The number of anilines is 2. The lowest BCUT2D eigenvalue weighted by Crippen LogP contribution is -2.20. The summed E-state index contributed by atoms with van der Waals surface area (Å²) in [6.45, 7) is 5.84. The van der Waals surface area contributed by atoms with Crippen LogP contribution in [0.25, 0.3) is 0 Å². The van der Waals surface area contributed by atoms with Gasteiger partial charge in [0.2, 0.25) is 5.91 Å². The van der Waals surface area contributed by atoms with Crippen LogP contribution in [0.4, 0.5) is 15.8 Å². The lowest BCUT2D eigenvalue weighted by atomic mass is 9.92. The normalized spacial score (nSPS) is 11.7. The molecule has 0 radical (unpaired) electrons. The van der Waals surface area contributed by atoms with Crippen LogP contribution in [0, 0.1) is 11.2 Å². The fraction of sp³-hybridized carbons (Fsp3) is 0.316. The van der Waals surface area contributed by atoms with E-state index < -0.39 is 15.8 Å². The fourth-order valence-corrected chi connectivity index (χ4v) is 3.43. The number of rotatable bonds is 6. The Hall–Kier alpha value is -2.61. The van der Waals surface area contributed by atoms with Gasteiger partial charge >= 0.3 is 0 Å². The molecule has 0 aliphatic heterocycles. The van der Waals surface area contributed by atoms with Crippen LogP contribution in [0.2, 0.25) is 0 Å². The summed E-state index contributed by atoms with van der Waals surface area (Å²) in [5, 5.41) is 2.74. The molecular weight excluding hydrogens is 371 g/mol. The molecule has 2 aromatic carbocycles. The van der Waals surface area contributed by atoms with E-state index in [-0.39, 0.29) is 27.7 Å². The molecule has 2 rings (SSSR count). The molecule has 0 aliphatic carbocycles. The van der Waals surface area contributed by atoms with Crippen molar-refractivity contribution in [1.29, 1.82) is 0 Å². The number of hydrogen-bond donors (Lipinski definition) is 2. The molecule has 0 saturated carbocycles. The van der Waals surface area contributed by atoms with Crippen molar-refractivity contribution in [2.45, 2.75) is 32.1 Å². The van der Waals surface area contributed by atoms with E-state index in [0.717, 1.165) is 12.1 Å². The van der Waals surface area contributed by atoms with Crippen molar-refractivity contribution in [2.24, 2.45) is 5.41 Å². The van der Waals surface area contributed by atoms with Gasteiger partial charge in [-0.2, -0.15) is 0 Å². The van der Waals surface area contributed by atoms with Crippen LogP contribution in [-0.4, -0.2) is 21.4 Å². The van der Waals surface area contributed by atoms with Gasteiger partial charge in [-0.1, -0.05) is 20.8 Å². The monoisotopic (exact) mass is 394 g/mol. The number of nitrogens with one attached hydrogen (secondary N) is 2. The molecule has 8 heteroatoms. The highest BCUT2D eigenvalue weighted by atomic mass is 32.2. The predicted molar refractivity (Wildman–Crippen MR) is 103 cm³/mol. The fourth-order valence-electron chi connectivity index (χ4n) is 2.37. The minimum Gasteiger partial charge on any atom is -0.495 e. The van der Waals surface area contributed by atoms with Crippen molar-refractivity contribution < 1.29 is 22.3 Å². The van der Waals surface area contributed by atoms with Gasteiger partial charge in [-0.15, -0.1) is 0 Å². The van der Waals surface area contributed by atoms with Crippen molar-refractivity contribution in [1.82, 2.24) is 0 Å².